The predicted octanol–water partition coefficient (Wildman–Crippen LogP) is 3.64. The van der Waals surface area contributed by atoms with Crippen molar-refractivity contribution in [3.8, 4) is 5.75 Å². The molecule has 0 saturated carbocycles. The number of ketones is 1. The molecule has 0 radical (unpaired) electrons. The fraction of sp³-hybridized carbons (Fsp3) is 0.0714. The first-order valence-electron chi connectivity index (χ1n) is 5.40. The van der Waals surface area contributed by atoms with Crippen molar-refractivity contribution in [2.45, 2.75) is 6.18 Å². The first kappa shape index (κ1) is 13.1. The summed E-state index contributed by atoms with van der Waals surface area (Å²) >= 11 is 0. The van der Waals surface area contributed by atoms with Gasteiger partial charge in [-0.05, 0) is 18.2 Å². The molecule has 0 atom stereocenters. The topological polar surface area (TPSA) is 37.3 Å². The minimum atomic E-state index is -4.61. The van der Waals surface area contributed by atoms with E-state index >= 15 is 0 Å². The lowest BCUT2D eigenvalue weighted by atomic mass is 9.97. The van der Waals surface area contributed by atoms with Crippen LogP contribution >= 0.6 is 0 Å². The van der Waals surface area contributed by atoms with Crippen LogP contribution in [0.4, 0.5) is 13.2 Å². The molecule has 0 aliphatic rings. The molecule has 2 aromatic rings. The highest BCUT2D eigenvalue weighted by atomic mass is 19.4. The number of hydrogen-bond donors (Lipinski definition) is 1. The standard InChI is InChI=1S/C14H9F3O2/c15-14(16,17)11-7-3-1-5-9(11)13(19)10-6-2-4-8-12(10)18/h1-8,18H. The number of alkyl halides is 3. The van der Waals surface area contributed by atoms with Gasteiger partial charge in [-0.1, -0.05) is 30.3 Å². The van der Waals surface area contributed by atoms with Gasteiger partial charge in [0.1, 0.15) is 5.75 Å². The lowest BCUT2D eigenvalue weighted by molar-refractivity contribution is -0.137. The highest BCUT2D eigenvalue weighted by molar-refractivity contribution is 6.11. The molecule has 0 heterocycles. The Kier molecular flexibility index (Phi) is 3.29. The molecule has 0 aromatic heterocycles. The normalized spacial score (nSPS) is 11.3. The van der Waals surface area contributed by atoms with Crippen molar-refractivity contribution in [2.24, 2.45) is 0 Å². The molecule has 19 heavy (non-hydrogen) atoms. The second-order valence-electron chi connectivity index (χ2n) is 3.89. The predicted molar refractivity (Wildman–Crippen MR) is 63.0 cm³/mol. The van der Waals surface area contributed by atoms with Gasteiger partial charge in [0.05, 0.1) is 11.1 Å². The molecule has 0 aliphatic carbocycles. The molecule has 5 heteroatoms. The Balaban J connectivity index is 2.55. The third-order valence-corrected chi connectivity index (χ3v) is 2.63. The van der Waals surface area contributed by atoms with E-state index in [1.54, 1.807) is 0 Å². The van der Waals surface area contributed by atoms with Crippen molar-refractivity contribution in [1.29, 1.82) is 0 Å². The van der Waals surface area contributed by atoms with Gasteiger partial charge in [-0.2, -0.15) is 13.2 Å². The first-order chi connectivity index (χ1) is 8.91. The Morgan fingerprint density at radius 3 is 2.00 bits per heavy atom. The molecular weight excluding hydrogens is 257 g/mol. The zero-order chi connectivity index (χ0) is 14.0. The molecule has 0 bridgehead atoms. The summed E-state index contributed by atoms with van der Waals surface area (Å²) in [6.45, 7) is 0. The zero-order valence-corrected chi connectivity index (χ0v) is 9.61. The Morgan fingerprint density at radius 2 is 1.42 bits per heavy atom. The molecular formula is C14H9F3O2. The largest absolute Gasteiger partial charge is 0.507 e. The van der Waals surface area contributed by atoms with Crippen LogP contribution in [0.1, 0.15) is 21.5 Å². The summed E-state index contributed by atoms with van der Waals surface area (Å²) in [5, 5.41) is 9.53. The molecule has 0 fully saturated rings. The second kappa shape index (κ2) is 4.76. The summed E-state index contributed by atoms with van der Waals surface area (Å²) in [5.74, 6) is -1.20. The van der Waals surface area contributed by atoms with Gasteiger partial charge in [-0.25, -0.2) is 0 Å². The van der Waals surface area contributed by atoms with E-state index in [0.717, 1.165) is 12.1 Å². The van der Waals surface area contributed by atoms with E-state index in [4.69, 9.17) is 0 Å². The van der Waals surface area contributed by atoms with Crippen molar-refractivity contribution < 1.29 is 23.1 Å². The van der Waals surface area contributed by atoms with Crippen LogP contribution < -0.4 is 0 Å². The average Bonchev–Trinajstić information content (AvgIpc) is 2.37. The van der Waals surface area contributed by atoms with Gasteiger partial charge >= 0.3 is 6.18 Å². The van der Waals surface area contributed by atoms with Gasteiger partial charge < -0.3 is 5.11 Å². The highest BCUT2D eigenvalue weighted by Crippen LogP contribution is 2.33. The molecule has 2 aromatic carbocycles. The Bertz CT molecular complexity index is 618. The fourth-order valence-electron chi connectivity index (χ4n) is 1.74. The average molecular weight is 266 g/mol. The number of phenols is 1. The highest BCUT2D eigenvalue weighted by Gasteiger charge is 2.35. The van der Waals surface area contributed by atoms with Crippen LogP contribution in [0.3, 0.4) is 0 Å². The van der Waals surface area contributed by atoms with Crippen LogP contribution in [0.2, 0.25) is 0 Å². The van der Waals surface area contributed by atoms with Gasteiger partial charge in [-0.15, -0.1) is 0 Å². The summed E-state index contributed by atoms with van der Waals surface area (Å²) in [6.07, 6.45) is -4.61. The molecule has 98 valence electrons. The van der Waals surface area contributed by atoms with Gasteiger partial charge in [-0.3, -0.25) is 4.79 Å². The number of carbonyl (C=O) groups is 1. The van der Waals surface area contributed by atoms with Crippen molar-refractivity contribution in [3.05, 3.63) is 65.2 Å². The molecule has 0 amide bonds. The summed E-state index contributed by atoms with van der Waals surface area (Å²) in [5.41, 5.74) is -1.64. The van der Waals surface area contributed by atoms with Crippen molar-refractivity contribution in [1.82, 2.24) is 0 Å². The minimum absolute atomic E-state index is 0.154. The summed E-state index contributed by atoms with van der Waals surface area (Å²) in [6, 6.07) is 10.00. The third kappa shape index (κ3) is 2.59. The van der Waals surface area contributed by atoms with Crippen molar-refractivity contribution in [3.63, 3.8) is 0 Å². The van der Waals surface area contributed by atoms with Gasteiger partial charge in [0, 0.05) is 5.56 Å². The SMILES string of the molecule is O=C(c1ccccc1O)c1ccccc1C(F)(F)F. The zero-order valence-electron chi connectivity index (χ0n) is 9.61. The Labute approximate surface area is 107 Å². The molecule has 0 spiro atoms. The number of carbonyl (C=O) groups excluding carboxylic acids is 1. The number of phenolic OH excluding ortho intramolecular Hbond substituents is 1. The van der Waals surface area contributed by atoms with E-state index < -0.39 is 23.1 Å². The summed E-state index contributed by atoms with van der Waals surface area (Å²) < 4.78 is 38.4. The third-order valence-electron chi connectivity index (χ3n) is 2.63. The molecule has 0 unspecified atom stereocenters. The maximum Gasteiger partial charge on any atom is 0.417 e. The molecule has 2 nitrogen and oxygen atoms in total. The Morgan fingerprint density at radius 1 is 0.895 bits per heavy atom. The first-order valence-corrected chi connectivity index (χ1v) is 5.40. The summed E-state index contributed by atoms with van der Waals surface area (Å²) in [7, 11) is 0. The van der Waals surface area contributed by atoms with Crippen LogP contribution in [0.15, 0.2) is 48.5 Å². The van der Waals surface area contributed by atoms with Crippen LogP contribution in [-0.2, 0) is 6.18 Å². The van der Waals surface area contributed by atoms with E-state index in [9.17, 15) is 23.1 Å². The number of halogens is 3. The van der Waals surface area contributed by atoms with Crippen molar-refractivity contribution >= 4 is 5.78 Å². The van der Waals surface area contributed by atoms with Crippen LogP contribution in [0.5, 0.6) is 5.75 Å². The lowest BCUT2D eigenvalue weighted by Gasteiger charge is -2.12. The van der Waals surface area contributed by atoms with Gasteiger partial charge in [0.25, 0.3) is 0 Å². The van der Waals surface area contributed by atoms with Gasteiger partial charge in [0.15, 0.2) is 5.78 Å². The van der Waals surface area contributed by atoms with E-state index in [-0.39, 0.29) is 11.3 Å². The lowest BCUT2D eigenvalue weighted by Crippen LogP contribution is -2.13. The van der Waals surface area contributed by atoms with E-state index in [2.05, 4.69) is 0 Å². The smallest absolute Gasteiger partial charge is 0.417 e. The van der Waals surface area contributed by atoms with Crippen LogP contribution in [-0.4, -0.2) is 10.9 Å². The second-order valence-corrected chi connectivity index (χ2v) is 3.89. The summed E-state index contributed by atoms with van der Waals surface area (Å²) in [4.78, 5) is 12.1. The Hall–Kier alpha value is -2.30. The number of rotatable bonds is 2. The van der Waals surface area contributed by atoms with Crippen molar-refractivity contribution in [2.75, 3.05) is 0 Å². The van der Waals surface area contributed by atoms with E-state index in [1.807, 2.05) is 0 Å². The number of hydrogen-bond acceptors (Lipinski definition) is 2. The van der Waals surface area contributed by atoms with Gasteiger partial charge in [0.2, 0.25) is 0 Å². The van der Waals surface area contributed by atoms with E-state index in [0.29, 0.717) is 0 Å². The molecule has 0 aliphatic heterocycles. The minimum Gasteiger partial charge on any atom is -0.507 e. The molecule has 2 rings (SSSR count). The maximum atomic E-state index is 12.8. The molecule has 1 N–H and O–H groups in total. The molecule has 0 saturated heterocycles. The number of benzene rings is 2. The fourth-order valence-corrected chi connectivity index (χ4v) is 1.74. The monoisotopic (exact) mass is 266 g/mol. The number of aromatic hydroxyl groups is 1. The number of para-hydroxylation sites is 1. The van der Waals surface area contributed by atoms with E-state index in [1.165, 1.54) is 36.4 Å². The van der Waals surface area contributed by atoms with Crippen LogP contribution in [0.25, 0.3) is 0 Å². The quantitative estimate of drug-likeness (QED) is 0.842. The van der Waals surface area contributed by atoms with Crippen LogP contribution in [0, 0.1) is 0 Å². The maximum absolute atomic E-state index is 12.8.